The molecule has 0 aliphatic heterocycles. The molecule has 7 heteroatoms. The smallest absolute Gasteiger partial charge is 0.328 e. The van der Waals surface area contributed by atoms with Crippen LogP contribution in [0.1, 0.15) is 12.5 Å². The van der Waals surface area contributed by atoms with Gasteiger partial charge in [-0.25, -0.2) is 4.79 Å². The maximum Gasteiger partial charge on any atom is 0.328 e. The molecule has 0 bridgehead atoms. The number of carboxylic acids is 1. The van der Waals surface area contributed by atoms with E-state index in [1.807, 2.05) is 0 Å². The number of carbonyl (C=O) groups excluding carboxylic acids is 1. The van der Waals surface area contributed by atoms with E-state index in [-0.39, 0.29) is 6.61 Å². The summed E-state index contributed by atoms with van der Waals surface area (Å²) in [6.07, 6.45) is 2.44. The Morgan fingerprint density at radius 2 is 2.10 bits per heavy atom. The molecule has 0 unspecified atom stereocenters. The van der Waals surface area contributed by atoms with Crippen molar-refractivity contribution in [2.24, 2.45) is 5.73 Å². The maximum absolute atomic E-state index is 10.8. The van der Waals surface area contributed by atoms with Crippen LogP contribution in [0, 0.1) is 0 Å². The van der Waals surface area contributed by atoms with E-state index in [1.54, 1.807) is 19.1 Å². The highest BCUT2D eigenvalue weighted by atomic mass is 79.9. The van der Waals surface area contributed by atoms with Gasteiger partial charge in [0, 0.05) is 6.08 Å². The molecule has 0 fully saturated rings. The Morgan fingerprint density at radius 1 is 1.40 bits per heavy atom. The topological polar surface area (TPSA) is 98.8 Å². The van der Waals surface area contributed by atoms with E-state index in [0.29, 0.717) is 28.1 Å². The van der Waals surface area contributed by atoms with Gasteiger partial charge in [-0.2, -0.15) is 0 Å². The van der Waals surface area contributed by atoms with Gasteiger partial charge >= 0.3 is 5.97 Å². The van der Waals surface area contributed by atoms with Gasteiger partial charge in [-0.3, -0.25) is 4.79 Å². The standard InChI is InChI=1S/C13H14BrNO5/c1-2-19-10-6-8(3-4-12(17)18)5-9(14)13(10)20-7-11(15)16/h3-6H,2,7H2,1H3,(H2,15,16)(H,17,18)/b4-3+. The third kappa shape index (κ3) is 4.93. The first-order valence-electron chi connectivity index (χ1n) is 5.72. The Hall–Kier alpha value is -2.02. The van der Waals surface area contributed by atoms with Crippen LogP contribution in [0.25, 0.3) is 6.08 Å². The second-order valence-corrected chi connectivity index (χ2v) is 4.54. The van der Waals surface area contributed by atoms with Crippen molar-refractivity contribution < 1.29 is 24.2 Å². The number of carbonyl (C=O) groups is 2. The second kappa shape index (κ2) is 7.54. The van der Waals surface area contributed by atoms with Crippen molar-refractivity contribution >= 4 is 33.9 Å². The summed E-state index contributed by atoms with van der Waals surface area (Å²) in [6.45, 7) is 1.92. The molecule has 1 aromatic rings. The normalized spacial score (nSPS) is 10.5. The summed E-state index contributed by atoms with van der Waals surface area (Å²) in [7, 11) is 0. The summed E-state index contributed by atoms with van der Waals surface area (Å²) >= 11 is 3.29. The van der Waals surface area contributed by atoms with Crippen molar-refractivity contribution in [3.8, 4) is 11.5 Å². The zero-order valence-electron chi connectivity index (χ0n) is 10.8. The molecule has 6 nitrogen and oxygen atoms in total. The first-order chi connectivity index (χ1) is 9.43. The quantitative estimate of drug-likeness (QED) is 0.735. The summed E-state index contributed by atoms with van der Waals surface area (Å²) in [5, 5.41) is 8.61. The van der Waals surface area contributed by atoms with Crippen molar-refractivity contribution in [2.45, 2.75) is 6.92 Å². The van der Waals surface area contributed by atoms with Gasteiger partial charge in [-0.05, 0) is 46.6 Å². The Kier molecular flexibility index (Phi) is 6.05. The number of amides is 1. The van der Waals surface area contributed by atoms with Crippen LogP contribution in [0.2, 0.25) is 0 Å². The Morgan fingerprint density at radius 3 is 2.65 bits per heavy atom. The molecule has 0 aliphatic rings. The van der Waals surface area contributed by atoms with E-state index >= 15 is 0 Å². The molecule has 1 amide bonds. The summed E-state index contributed by atoms with van der Waals surface area (Å²) in [4.78, 5) is 21.3. The van der Waals surface area contributed by atoms with E-state index in [0.717, 1.165) is 6.08 Å². The molecule has 20 heavy (non-hydrogen) atoms. The van der Waals surface area contributed by atoms with Gasteiger partial charge in [-0.15, -0.1) is 0 Å². The van der Waals surface area contributed by atoms with Gasteiger partial charge in [0.15, 0.2) is 18.1 Å². The van der Waals surface area contributed by atoms with Crippen LogP contribution < -0.4 is 15.2 Å². The number of benzene rings is 1. The predicted molar refractivity (Wildman–Crippen MR) is 76.7 cm³/mol. The van der Waals surface area contributed by atoms with Crippen LogP contribution in [-0.4, -0.2) is 30.2 Å². The highest BCUT2D eigenvalue weighted by Crippen LogP contribution is 2.37. The minimum Gasteiger partial charge on any atom is -0.490 e. The molecule has 1 aromatic carbocycles. The molecule has 0 saturated heterocycles. The van der Waals surface area contributed by atoms with Gasteiger partial charge in [0.05, 0.1) is 11.1 Å². The molecule has 3 N–H and O–H groups in total. The molecule has 1 rings (SSSR count). The third-order valence-corrected chi connectivity index (χ3v) is 2.70. The average molecular weight is 344 g/mol. The average Bonchev–Trinajstić information content (AvgIpc) is 2.35. The third-order valence-electron chi connectivity index (χ3n) is 2.11. The Bertz CT molecular complexity index is 542. The van der Waals surface area contributed by atoms with Gasteiger partial charge < -0.3 is 20.3 Å². The zero-order valence-corrected chi connectivity index (χ0v) is 12.3. The summed E-state index contributed by atoms with van der Waals surface area (Å²) in [5.74, 6) is -0.909. The second-order valence-electron chi connectivity index (χ2n) is 3.69. The van der Waals surface area contributed by atoms with Crippen LogP contribution in [0.15, 0.2) is 22.7 Å². The Labute approximate surface area is 124 Å². The number of rotatable bonds is 7. The van der Waals surface area contributed by atoms with Gasteiger partial charge in [0.1, 0.15) is 0 Å². The fourth-order valence-corrected chi connectivity index (χ4v) is 1.97. The summed E-state index contributed by atoms with van der Waals surface area (Å²) in [6, 6.07) is 3.27. The van der Waals surface area contributed by atoms with Crippen molar-refractivity contribution in [1.82, 2.24) is 0 Å². The van der Waals surface area contributed by atoms with E-state index in [2.05, 4.69) is 15.9 Å². The maximum atomic E-state index is 10.8. The first kappa shape index (κ1) is 16.0. The molecule has 0 atom stereocenters. The molecule has 0 heterocycles. The van der Waals surface area contributed by atoms with Gasteiger partial charge in [0.25, 0.3) is 5.91 Å². The fraction of sp³-hybridized carbons (Fsp3) is 0.231. The van der Waals surface area contributed by atoms with E-state index in [9.17, 15) is 9.59 Å². The van der Waals surface area contributed by atoms with Crippen molar-refractivity contribution in [3.05, 3.63) is 28.2 Å². The first-order valence-corrected chi connectivity index (χ1v) is 6.51. The molecule has 0 saturated carbocycles. The molecule has 0 aliphatic carbocycles. The number of halogens is 1. The minimum absolute atomic E-state index is 0.275. The lowest BCUT2D eigenvalue weighted by Crippen LogP contribution is -2.20. The van der Waals surface area contributed by atoms with Crippen molar-refractivity contribution in [3.63, 3.8) is 0 Å². The van der Waals surface area contributed by atoms with E-state index < -0.39 is 11.9 Å². The molecule has 0 radical (unpaired) electrons. The number of hydrogen-bond acceptors (Lipinski definition) is 4. The van der Waals surface area contributed by atoms with Crippen LogP contribution in [0.4, 0.5) is 0 Å². The lowest BCUT2D eigenvalue weighted by Gasteiger charge is -2.13. The zero-order chi connectivity index (χ0) is 15.1. The van der Waals surface area contributed by atoms with Crippen molar-refractivity contribution in [2.75, 3.05) is 13.2 Å². The lowest BCUT2D eigenvalue weighted by molar-refractivity contribution is -0.131. The molecular weight excluding hydrogens is 330 g/mol. The van der Waals surface area contributed by atoms with Crippen LogP contribution >= 0.6 is 15.9 Å². The van der Waals surface area contributed by atoms with Gasteiger partial charge in [-0.1, -0.05) is 0 Å². The SMILES string of the molecule is CCOc1cc(/C=C/C(=O)O)cc(Br)c1OCC(N)=O. The predicted octanol–water partition coefficient (Wildman–Crippen LogP) is 1.81. The van der Waals surface area contributed by atoms with Crippen LogP contribution in [0.3, 0.4) is 0 Å². The number of hydrogen-bond donors (Lipinski definition) is 2. The fourth-order valence-electron chi connectivity index (χ4n) is 1.40. The summed E-state index contributed by atoms with van der Waals surface area (Å²) < 4.78 is 11.2. The molecule has 0 aromatic heterocycles. The number of nitrogens with two attached hydrogens (primary N) is 1. The summed E-state index contributed by atoms with van der Waals surface area (Å²) in [5.41, 5.74) is 5.65. The van der Waals surface area contributed by atoms with Gasteiger partial charge in [0.2, 0.25) is 0 Å². The number of aliphatic carboxylic acids is 1. The highest BCUT2D eigenvalue weighted by Gasteiger charge is 2.12. The highest BCUT2D eigenvalue weighted by molar-refractivity contribution is 9.10. The largest absolute Gasteiger partial charge is 0.490 e. The van der Waals surface area contributed by atoms with E-state index in [1.165, 1.54) is 6.08 Å². The number of primary amides is 1. The molecule has 0 spiro atoms. The van der Waals surface area contributed by atoms with Crippen LogP contribution in [0.5, 0.6) is 11.5 Å². The minimum atomic E-state index is -1.05. The van der Waals surface area contributed by atoms with Crippen molar-refractivity contribution in [1.29, 1.82) is 0 Å². The molecular formula is C13H14BrNO5. The van der Waals surface area contributed by atoms with E-state index in [4.69, 9.17) is 20.3 Å². The monoisotopic (exact) mass is 343 g/mol. The lowest BCUT2D eigenvalue weighted by atomic mass is 10.2. The molecule has 108 valence electrons. The number of carboxylic acid groups (broad SMARTS) is 1. The van der Waals surface area contributed by atoms with Crippen LogP contribution in [-0.2, 0) is 9.59 Å². The Balaban J connectivity index is 3.10. The number of ether oxygens (including phenoxy) is 2.